The van der Waals surface area contributed by atoms with Crippen molar-refractivity contribution >= 4 is 21.2 Å². The van der Waals surface area contributed by atoms with E-state index in [1.54, 1.807) is 42.7 Å². The van der Waals surface area contributed by atoms with Crippen LogP contribution >= 0.6 is 0 Å². The molecule has 3 aromatic rings. The van der Waals surface area contributed by atoms with Crippen LogP contribution in [0, 0.1) is 13.8 Å². The van der Waals surface area contributed by atoms with E-state index in [4.69, 9.17) is 4.18 Å². The molecule has 0 unspecified atom stereocenters. The number of nitrogens with zero attached hydrogens (tertiary/aromatic N) is 2. The molecule has 0 saturated carbocycles. The molecular formula is C16H16N2O3S. The number of rotatable bonds is 3. The smallest absolute Gasteiger partial charge is 0.339 e. The lowest BCUT2D eigenvalue weighted by Gasteiger charge is -2.09. The monoisotopic (exact) mass is 316 g/mol. The van der Waals surface area contributed by atoms with Gasteiger partial charge in [0.05, 0.1) is 17.4 Å². The Labute approximate surface area is 129 Å². The van der Waals surface area contributed by atoms with E-state index in [-0.39, 0.29) is 10.6 Å². The van der Waals surface area contributed by atoms with Gasteiger partial charge >= 0.3 is 10.1 Å². The molecule has 0 aliphatic heterocycles. The lowest BCUT2D eigenvalue weighted by atomic mass is 10.1. The topological polar surface area (TPSA) is 61.2 Å². The summed E-state index contributed by atoms with van der Waals surface area (Å²) in [6.07, 6.45) is 1.67. The van der Waals surface area contributed by atoms with Crippen LogP contribution in [-0.4, -0.2) is 18.0 Å². The van der Waals surface area contributed by atoms with Gasteiger partial charge in [0, 0.05) is 13.1 Å². The molecule has 0 fully saturated rings. The first-order valence-electron chi connectivity index (χ1n) is 6.80. The van der Waals surface area contributed by atoms with Gasteiger partial charge in [0.15, 0.2) is 0 Å². The summed E-state index contributed by atoms with van der Waals surface area (Å²) >= 11 is 0. The fourth-order valence-electron chi connectivity index (χ4n) is 2.21. The third kappa shape index (κ3) is 2.57. The first-order valence-corrected chi connectivity index (χ1v) is 8.20. The van der Waals surface area contributed by atoms with E-state index in [9.17, 15) is 8.42 Å². The summed E-state index contributed by atoms with van der Waals surface area (Å²) in [5.74, 6) is 0.254. The zero-order valence-corrected chi connectivity index (χ0v) is 13.4. The van der Waals surface area contributed by atoms with Gasteiger partial charge in [0.1, 0.15) is 10.6 Å². The highest BCUT2D eigenvalue weighted by atomic mass is 32.2. The predicted octanol–water partition coefficient (Wildman–Crippen LogP) is 2.96. The summed E-state index contributed by atoms with van der Waals surface area (Å²) in [4.78, 5) is 4.35. The van der Waals surface area contributed by atoms with Gasteiger partial charge in [-0.3, -0.25) is 0 Å². The van der Waals surface area contributed by atoms with E-state index in [0.29, 0.717) is 5.52 Å². The van der Waals surface area contributed by atoms with Gasteiger partial charge in [-0.1, -0.05) is 6.07 Å². The molecule has 6 heteroatoms. The molecule has 3 rings (SSSR count). The van der Waals surface area contributed by atoms with Crippen LogP contribution in [0.2, 0.25) is 0 Å². The molecule has 0 bridgehead atoms. The summed E-state index contributed by atoms with van der Waals surface area (Å²) in [5.41, 5.74) is 3.55. The minimum atomic E-state index is -3.85. The van der Waals surface area contributed by atoms with Gasteiger partial charge in [0.25, 0.3) is 0 Å². The normalized spacial score (nSPS) is 11.8. The van der Waals surface area contributed by atoms with Crippen molar-refractivity contribution in [2.45, 2.75) is 18.7 Å². The van der Waals surface area contributed by atoms with Crippen molar-refractivity contribution in [3.63, 3.8) is 0 Å². The summed E-state index contributed by atoms with van der Waals surface area (Å²) in [6, 6.07) is 9.97. The van der Waals surface area contributed by atoms with Crippen molar-refractivity contribution in [3.8, 4) is 5.75 Å². The maximum atomic E-state index is 12.4. The molecule has 0 aliphatic carbocycles. The van der Waals surface area contributed by atoms with Crippen LogP contribution in [0.15, 0.2) is 47.6 Å². The number of aromatic nitrogens is 2. The average Bonchev–Trinajstić information content (AvgIpc) is 2.82. The minimum absolute atomic E-state index is 0.150. The molecule has 0 aliphatic rings. The summed E-state index contributed by atoms with van der Waals surface area (Å²) in [6.45, 7) is 3.80. The van der Waals surface area contributed by atoms with Gasteiger partial charge in [-0.05, 0) is 49.2 Å². The zero-order chi connectivity index (χ0) is 15.9. The van der Waals surface area contributed by atoms with Gasteiger partial charge in [-0.2, -0.15) is 8.42 Å². The molecule has 1 aromatic heterocycles. The summed E-state index contributed by atoms with van der Waals surface area (Å²) < 4.78 is 31.8. The van der Waals surface area contributed by atoms with E-state index in [2.05, 4.69) is 4.98 Å². The van der Waals surface area contributed by atoms with Crippen LogP contribution in [0.5, 0.6) is 5.75 Å². The molecule has 0 saturated heterocycles. The van der Waals surface area contributed by atoms with E-state index in [1.165, 1.54) is 0 Å². The average molecular weight is 316 g/mol. The van der Waals surface area contributed by atoms with Crippen molar-refractivity contribution in [3.05, 3.63) is 53.9 Å². The molecule has 22 heavy (non-hydrogen) atoms. The molecule has 114 valence electrons. The van der Waals surface area contributed by atoms with Crippen LogP contribution in [0.4, 0.5) is 0 Å². The number of aryl methyl sites for hydroxylation is 3. The fraction of sp³-hybridized carbons (Fsp3) is 0.188. The second kappa shape index (κ2) is 5.14. The maximum absolute atomic E-state index is 12.4. The van der Waals surface area contributed by atoms with Gasteiger partial charge in [-0.25, -0.2) is 4.98 Å². The van der Waals surface area contributed by atoms with Crippen molar-refractivity contribution < 1.29 is 12.6 Å². The molecule has 0 spiro atoms. The van der Waals surface area contributed by atoms with E-state index < -0.39 is 10.1 Å². The Morgan fingerprint density at radius 2 is 1.82 bits per heavy atom. The van der Waals surface area contributed by atoms with Crippen LogP contribution < -0.4 is 4.18 Å². The minimum Gasteiger partial charge on any atom is -0.379 e. The van der Waals surface area contributed by atoms with Crippen molar-refractivity contribution in [2.24, 2.45) is 7.05 Å². The molecule has 2 aromatic carbocycles. The van der Waals surface area contributed by atoms with E-state index in [1.807, 2.05) is 25.5 Å². The second-order valence-electron chi connectivity index (χ2n) is 5.29. The number of fused-ring (bicyclic) bond motifs is 1. The number of hydrogen-bond acceptors (Lipinski definition) is 4. The van der Waals surface area contributed by atoms with Crippen LogP contribution in [0.3, 0.4) is 0 Å². The maximum Gasteiger partial charge on any atom is 0.339 e. The molecule has 0 atom stereocenters. The standard InChI is InChI=1S/C16H16N2O3S/c1-11-4-6-14(8-12(11)2)22(19,20)21-13-5-7-16-15(9-13)17-10-18(16)3/h4-10H,1-3H3. The summed E-state index contributed by atoms with van der Waals surface area (Å²) in [5, 5.41) is 0. The Morgan fingerprint density at radius 1 is 1.05 bits per heavy atom. The predicted molar refractivity (Wildman–Crippen MR) is 84.4 cm³/mol. The van der Waals surface area contributed by atoms with Crippen molar-refractivity contribution in [1.29, 1.82) is 0 Å². The lowest BCUT2D eigenvalue weighted by molar-refractivity contribution is 0.486. The number of imidazole rings is 1. The van der Waals surface area contributed by atoms with Gasteiger partial charge in [-0.15, -0.1) is 0 Å². The fourth-order valence-corrected chi connectivity index (χ4v) is 3.22. The van der Waals surface area contributed by atoms with Gasteiger partial charge < -0.3 is 8.75 Å². The van der Waals surface area contributed by atoms with Crippen LogP contribution in [0.25, 0.3) is 11.0 Å². The Morgan fingerprint density at radius 3 is 2.55 bits per heavy atom. The highest BCUT2D eigenvalue weighted by Crippen LogP contribution is 2.24. The van der Waals surface area contributed by atoms with Crippen molar-refractivity contribution in [2.75, 3.05) is 0 Å². The van der Waals surface area contributed by atoms with E-state index >= 15 is 0 Å². The molecule has 1 heterocycles. The summed E-state index contributed by atoms with van der Waals surface area (Å²) in [7, 11) is -1.97. The molecule has 0 radical (unpaired) electrons. The number of hydrogen-bond donors (Lipinski definition) is 0. The highest BCUT2D eigenvalue weighted by molar-refractivity contribution is 7.87. The largest absolute Gasteiger partial charge is 0.379 e. The third-order valence-corrected chi connectivity index (χ3v) is 4.91. The second-order valence-corrected chi connectivity index (χ2v) is 6.84. The Hall–Kier alpha value is -2.34. The first kappa shape index (κ1) is 14.6. The molecular weight excluding hydrogens is 300 g/mol. The van der Waals surface area contributed by atoms with Crippen molar-refractivity contribution in [1.82, 2.24) is 9.55 Å². The Kier molecular flexibility index (Phi) is 3.41. The first-order chi connectivity index (χ1) is 10.4. The Bertz CT molecular complexity index is 959. The number of benzene rings is 2. The molecule has 0 N–H and O–H groups in total. The van der Waals surface area contributed by atoms with E-state index in [0.717, 1.165) is 16.6 Å². The van der Waals surface area contributed by atoms with Crippen LogP contribution in [-0.2, 0) is 17.2 Å². The van der Waals surface area contributed by atoms with Crippen LogP contribution in [0.1, 0.15) is 11.1 Å². The quantitative estimate of drug-likeness (QED) is 0.697. The third-order valence-electron chi connectivity index (χ3n) is 3.67. The SMILES string of the molecule is Cc1ccc(S(=O)(=O)Oc2ccc3c(c2)ncn3C)cc1C. The molecule has 0 amide bonds. The highest BCUT2D eigenvalue weighted by Gasteiger charge is 2.17. The van der Waals surface area contributed by atoms with Gasteiger partial charge in [0.2, 0.25) is 0 Å². The Balaban J connectivity index is 1.96. The molecule has 5 nitrogen and oxygen atoms in total. The zero-order valence-electron chi connectivity index (χ0n) is 12.6. The lowest BCUT2D eigenvalue weighted by Crippen LogP contribution is -2.10.